The Kier molecular flexibility index (Phi) is 7.48. The van der Waals surface area contributed by atoms with Crippen LogP contribution >= 0.6 is 0 Å². The van der Waals surface area contributed by atoms with Crippen LogP contribution in [0.2, 0.25) is 0 Å². The standard InChI is InChI=1S/C26H35N3O4S/c1-20-9-8-10-23(21(20)2)27-15-17-28(18-16-27)26(30)22-11-12-24(33-3)25(19-22)34(31,32)29-13-6-4-5-7-14-29/h8-12,19H,4-7,13-18H2,1-3H3. The monoisotopic (exact) mass is 485 g/mol. The second-order valence-electron chi connectivity index (χ2n) is 9.18. The fourth-order valence-electron chi connectivity index (χ4n) is 4.84. The molecule has 0 spiro atoms. The molecule has 2 aromatic carbocycles. The van der Waals surface area contributed by atoms with Gasteiger partial charge in [0.25, 0.3) is 5.91 Å². The fourth-order valence-corrected chi connectivity index (χ4v) is 6.54. The molecule has 0 N–H and O–H groups in total. The van der Waals surface area contributed by atoms with Crippen LogP contribution in [0.15, 0.2) is 41.3 Å². The minimum absolute atomic E-state index is 0.0803. The topological polar surface area (TPSA) is 70.2 Å². The van der Waals surface area contributed by atoms with E-state index in [2.05, 4.69) is 36.9 Å². The van der Waals surface area contributed by atoms with Crippen molar-refractivity contribution in [3.63, 3.8) is 0 Å². The highest BCUT2D eigenvalue weighted by atomic mass is 32.2. The molecule has 2 aromatic rings. The highest BCUT2D eigenvalue weighted by molar-refractivity contribution is 7.89. The molecule has 0 unspecified atom stereocenters. The third-order valence-corrected chi connectivity index (χ3v) is 9.00. The number of sulfonamides is 1. The van der Waals surface area contributed by atoms with Gasteiger partial charge in [0, 0.05) is 50.5 Å². The van der Waals surface area contributed by atoms with E-state index in [0.717, 1.165) is 38.8 Å². The maximum atomic E-state index is 13.4. The van der Waals surface area contributed by atoms with Crippen LogP contribution in [0.25, 0.3) is 0 Å². The van der Waals surface area contributed by atoms with Crippen LogP contribution in [0.5, 0.6) is 5.75 Å². The molecule has 184 valence electrons. The zero-order valence-electron chi connectivity index (χ0n) is 20.4. The van der Waals surface area contributed by atoms with E-state index in [0.29, 0.717) is 31.7 Å². The van der Waals surface area contributed by atoms with Crippen molar-refractivity contribution >= 4 is 21.6 Å². The van der Waals surface area contributed by atoms with Gasteiger partial charge in [0.15, 0.2) is 0 Å². The first-order valence-electron chi connectivity index (χ1n) is 12.1. The maximum absolute atomic E-state index is 13.4. The van der Waals surface area contributed by atoms with Crippen molar-refractivity contribution in [3.05, 3.63) is 53.1 Å². The van der Waals surface area contributed by atoms with Crippen molar-refractivity contribution < 1.29 is 17.9 Å². The van der Waals surface area contributed by atoms with Gasteiger partial charge in [0.1, 0.15) is 10.6 Å². The van der Waals surface area contributed by atoms with Gasteiger partial charge in [-0.1, -0.05) is 25.0 Å². The van der Waals surface area contributed by atoms with Gasteiger partial charge in [-0.2, -0.15) is 4.31 Å². The van der Waals surface area contributed by atoms with Gasteiger partial charge in [-0.05, 0) is 62.1 Å². The molecule has 0 saturated carbocycles. The predicted molar refractivity (Wildman–Crippen MR) is 134 cm³/mol. The molecule has 8 heteroatoms. The molecule has 0 aliphatic carbocycles. The number of amides is 1. The molecule has 2 aliphatic rings. The van der Waals surface area contributed by atoms with Crippen molar-refractivity contribution in [2.75, 3.05) is 51.3 Å². The van der Waals surface area contributed by atoms with E-state index in [1.807, 2.05) is 4.90 Å². The largest absolute Gasteiger partial charge is 0.495 e. The first-order valence-corrected chi connectivity index (χ1v) is 13.6. The Bertz CT molecular complexity index is 1130. The quantitative estimate of drug-likeness (QED) is 0.644. The minimum Gasteiger partial charge on any atom is -0.495 e. The molecule has 2 aliphatic heterocycles. The van der Waals surface area contributed by atoms with Gasteiger partial charge in [-0.25, -0.2) is 8.42 Å². The van der Waals surface area contributed by atoms with Gasteiger partial charge < -0.3 is 14.5 Å². The molecule has 1 amide bonds. The number of carbonyl (C=O) groups excluding carboxylic acids is 1. The van der Waals surface area contributed by atoms with Crippen LogP contribution < -0.4 is 9.64 Å². The molecular weight excluding hydrogens is 450 g/mol. The number of hydrogen-bond acceptors (Lipinski definition) is 5. The lowest BCUT2D eigenvalue weighted by molar-refractivity contribution is 0.0746. The summed E-state index contributed by atoms with van der Waals surface area (Å²) in [4.78, 5) is 17.5. The van der Waals surface area contributed by atoms with E-state index in [-0.39, 0.29) is 16.6 Å². The van der Waals surface area contributed by atoms with E-state index in [1.54, 1.807) is 12.1 Å². The van der Waals surface area contributed by atoms with E-state index in [1.165, 1.54) is 34.3 Å². The van der Waals surface area contributed by atoms with Crippen LogP contribution in [0.3, 0.4) is 0 Å². The van der Waals surface area contributed by atoms with E-state index >= 15 is 0 Å². The lowest BCUT2D eigenvalue weighted by Crippen LogP contribution is -2.49. The number of benzene rings is 2. The second-order valence-corrected chi connectivity index (χ2v) is 11.1. The molecule has 0 radical (unpaired) electrons. The molecule has 34 heavy (non-hydrogen) atoms. The average molecular weight is 486 g/mol. The average Bonchev–Trinajstić information content (AvgIpc) is 3.15. The molecule has 4 rings (SSSR count). The van der Waals surface area contributed by atoms with Gasteiger partial charge in [-0.3, -0.25) is 4.79 Å². The highest BCUT2D eigenvalue weighted by Gasteiger charge is 2.30. The van der Waals surface area contributed by atoms with Crippen molar-refractivity contribution in [1.29, 1.82) is 0 Å². The number of ether oxygens (including phenoxy) is 1. The zero-order valence-corrected chi connectivity index (χ0v) is 21.2. The molecule has 2 heterocycles. The second kappa shape index (κ2) is 10.4. The molecule has 0 bridgehead atoms. The Morgan fingerprint density at radius 1 is 0.882 bits per heavy atom. The Morgan fingerprint density at radius 3 is 2.21 bits per heavy atom. The van der Waals surface area contributed by atoms with Gasteiger partial charge in [0.05, 0.1) is 7.11 Å². The maximum Gasteiger partial charge on any atom is 0.254 e. The molecule has 7 nitrogen and oxygen atoms in total. The van der Waals surface area contributed by atoms with E-state index < -0.39 is 10.0 Å². The Labute approximate surface area is 203 Å². The number of anilines is 1. The minimum atomic E-state index is -3.74. The third-order valence-electron chi connectivity index (χ3n) is 7.08. The summed E-state index contributed by atoms with van der Waals surface area (Å²) in [5.41, 5.74) is 4.12. The normalized spacial score (nSPS) is 18.0. The number of methoxy groups -OCH3 is 1. The first-order chi connectivity index (χ1) is 16.3. The van der Waals surface area contributed by atoms with Crippen molar-refractivity contribution in [2.45, 2.75) is 44.4 Å². The van der Waals surface area contributed by atoms with Crippen LogP contribution in [-0.4, -0.2) is 69.9 Å². The molecular formula is C26H35N3O4S. The summed E-state index contributed by atoms with van der Waals surface area (Å²) >= 11 is 0. The summed E-state index contributed by atoms with van der Waals surface area (Å²) in [5.74, 6) is 0.135. The predicted octanol–water partition coefficient (Wildman–Crippen LogP) is 3.84. The molecule has 0 aromatic heterocycles. The molecule has 0 atom stereocenters. The van der Waals surface area contributed by atoms with Gasteiger partial charge >= 0.3 is 0 Å². The summed E-state index contributed by atoms with van der Waals surface area (Å²) in [6.07, 6.45) is 3.78. The molecule has 2 saturated heterocycles. The summed E-state index contributed by atoms with van der Waals surface area (Å²) < 4.78 is 33.8. The number of nitrogens with zero attached hydrogens (tertiary/aromatic N) is 3. The summed E-state index contributed by atoms with van der Waals surface area (Å²) in [6, 6.07) is 11.1. The van der Waals surface area contributed by atoms with E-state index in [9.17, 15) is 13.2 Å². The summed E-state index contributed by atoms with van der Waals surface area (Å²) in [6.45, 7) is 7.91. The van der Waals surface area contributed by atoms with Crippen LogP contribution in [0.4, 0.5) is 5.69 Å². The van der Waals surface area contributed by atoms with Gasteiger partial charge in [0.2, 0.25) is 10.0 Å². The van der Waals surface area contributed by atoms with Crippen LogP contribution in [-0.2, 0) is 10.0 Å². The fraction of sp³-hybridized carbons (Fsp3) is 0.500. The summed E-state index contributed by atoms with van der Waals surface area (Å²) in [7, 11) is -2.28. The number of piperazine rings is 1. The van der Waals surface area contributed by atoms with Crippen molar-refractivity contribution in [3.8, 4) is 5.75 Å². The number of rotatable bonds is 5. The smallest absolute Gasteiger partial charge is 0.254 e. The first kappa shape index (κ1) is 24.5. The lowest BCUT2D eigenvalue weighted by atomic mass is 10.1. The third kappa shape index (κ3) is 4.93. The highest BCUT2D eigenvalue weighted by Crippen LogP contribution is 2.30. The zero-order chi connectivity index (χ0) is 24.3. The van der Waals surface area contributed by atoms with Crippen molar-refractivity contribution in [1.82, 2.24) is 9.21 Å². The molecule has 2 fully saturated rings. The SMILES string of the molecule is COc1ccc(C(=O)N2CCN(c3cccc(C)c3C)CC2)cc1S(=O)(=O)N1CCCCCC1. The van der Waals surface area contributed by atoms with Gasteiger partial charge in [-0.15, -0.1) is 0 Å². The lowest BCUT2D eigenvalue weighted by Gasteiger charge is -2.37. The Balaban J connectivity index is 1.52. The number of carbonyl (C=O) groups is 1. The number of hydrogen-bond donors (Lipinski definition) is 0. The van der Waals surface area contributed by atoms with Crippen molar-refractivity contribution in [2.24, 2.45) is 0 Å². The summed E-state index contributed by atoms with van der Waals surface area (Å²) in [5, 5.41) is 0. The van der Waals surface area contributed by atoms with Crippen LogP contribution in [0.1, 0.15) is 47.2 Å². The Hall–Kier alpha value is -2.58. The number of aryl methyl sites for hydroxylation is 1. The van der Waals surface area contributed by atoms with E-state index in [4.69, 9.17) is 4.74 Å². The van der Waals surface area contributed by atoms with Crippen LogP contribution in [0, 0.1) is 13.8 Å². The Morgan fingerprint density at radius 2 is 1.56 bits per heavy atom.